The number of nitrogens with one attached hydrogen (secondary N) is 1. The number of hydrogen-bond donors (Lipinski definition) is 2. The number of nitrogen functional groups attached to an aromatic ring is 1. The normalized spacial score (nSPS) is 19.0. The molecule has 0 aliphatic carbocycles. The topological polar surface area (TPSA) is 67.1 Å². The third-order valence-electron chi connectivity index (χ3n) is 2.86. The Morgan fingerprint density at radius 1 is 1.40 bits per heavy atom. The molecular weight excluding hydrogens is 291 g/mol. The maximum absolute atomic E-state index is 12.8. The predicted octanol–water partition coefficient (Wildman–Crippen LogP) is 2.11. The van der Waals surface area contributed by atoms with Gasteiger partial charge in [0.15, 0.2) is 0 Å². The van der Waals surface area contributed by atoms with Crippen molar-refractivity contribution in [3.05, 3.63) is 11.9 Å². The molecule has 1 aromatic rings. The number of hydrogen-bond acceptors (Lipinski definition) is 6. The van der Waals surface area contributed by atoms with Crippen LogP contribution in [0.1, 0.15) is 19.7 Å². The van der Waals surface area contributed by atoms with Crippen LogP contribution in [0, 0.1) is 0 Å². The number of halogens is 3. The molecule has 0 bridgehead atoms. The second-order valence-corrected chi connectivity index (χ2v) is 6.91. The molecule has 0 unspecified atom stereocenters. The molecule has 20 heavy (non-hydrogen) atoms. The molecule has 0 atom stereocenters. The van der Waals surface area contributed by atoms with Gasteiger partial charge in [0.25, 0.3) is 0 Å². The van der Waals surface area contributed by atoms with Crippen molar-refractivity contribution >= 4 is 23.4 Å². The number of alkyl halides is 3. The Hall–Kier alpha value is -1.22. The monoisotopic (exact) mass is 307 g/mol. The lowest BCUT2D eigenvalue weighted by Gasteiger charge is -2.38. The van der Waals surface area contributed by atoms with E-state index in [1.807, 2.05) is 4.90 Å². The number of hydrazine groups is 1. The van der Waals surface area contributed by atoms with E-state index in [4.69, 9.17) is 5.84 Å². The van der Waals surface area contributed by atoms with E-state index in [-0.39, 0.29) is 16.4 Å². The average molecular weight is 307 g/mol. The van der Waals surface area contributed by atoms with Crippen LogP contribution in [0.15, 0.2) is 6.07 Å². The molecule has 9 heteroatoms. The first-order valence-corrected chi connectivity index (χ1v) is 7.02. The highest BCUT2D eigenvalue weighted by molar-refractivity contribution is 8.00. The summed E-state index contributed by atoms with van der Waals surface area (Å²) in [6, 6.07) is 1.43. The highest BCUT2D eigenvalue weighted by Gasteiger charge is 2.36. The molecule has 5 nitrogen and oxygen atoms in total. The van der Waals surface area contributed by atoms with Gasteiger partial charge in [0.05, 0.1) is 0 Å². The summed E-state index contributed by atoms with van der Waals surface area (Å²) in [5, 5.41) is 0. The first-order chi connectivity index (χ1) is 9.21. The van der Waals surface area contributed by atoms with Crippen LogP contribution in [0.25, 0.3) is 0 Å². The molecule has 1 aliphatic rings. The number of rotatable bonds is 2. The van der Waals surface area contributed by atoms with Crippen LogP contribution in [0.4, 0.5) is 24.8 Å². The zero-order chi connectivity index (χ0) is 15.0. The highest BCUT2D eigenvalue weighted by atomic mass is 32.2. The minimum Gasteiger partial charge on any atom is -0.354 e. The number of anilines is 2. The summed E-state index contributed by atoms with van der Waals surface area (Å²) in [5.74, 6) is 5.04. The SMILES string of the molecule is CC1(C)CN(c2cc(NN)nc(C(F)(F)F)n2)CCS1. The third kappa shape index (κ3) is 3.45. The number of nitrogens with two attached hydrogens (primary N) is 1. The van der Waals surface area contributed by atoms with E-state index in [0.717, 1.165) is 5.75 Å². The van der Waals surface area contributed by atoms with Crippen molar-refractivity contribution in [1.82, 2.24) is 9.97 Å². The maximum Gasteiger partial charge on any atom is 0.451 e. The highest BCUT2D eigenvalue weighted by Crippen LogP contribution is 2.34. The van der Waals surface area contributed by atoms with E-state index in [1.165, 1.54) is 6.07 Å². The van der Waals surface area contributed by atoms with E-state index < -0.39 is 12.0 Å². The summed E-state index contributed by atoms with van der Waals surface area (Å²) in [6.45, 7) is 5.37. The molecule has 0 aromatic carbocycles. The van der Waals surface area contributed by atoms with Gasteiger partial charge in [-0.25, -0.2) is 15.8 Å². The van der Waals surface area contributed by atoms with E-state index in [9.17, 15) is 13.2 Å². The summed E-state index contributed by atoms with van der Waals surface area (Å²) in [6.07, 6.45) is -4.60. The van der Waals surface area contributed by atoms with Crippen molar-refractivity contribution in [2.75, 3.05) is 29.2 Å². The Bertz CT molecular complexity index is 491. The fraction of sp³-hybridized carbons (Fsp3) is 0.636. The average Bonchev–Trinajstić information content (AvgIpc) is 2.36. The van der Waals surface area contributed by atoms with E-state index in [1.54, 1.807) is 11.8 Å². The lowest BCUT2D eigenvalue weighted by Crippen LogP contribution is -2.43. The standard InChI is InChI=1S/C11H16F3N5S/c1-10(2)6-19(3-4-20-10)8-5-7(18-15)16-9(17-8)11(12,13)14/h5H,3-4,6,15H2,1-2H3,(H,16,17,18). The Balaban J connectivity index is 2.36. The lowest BCUT2D eigenvalue weighted by atomic mass is 10.2. The number of thioether (sulfide) groups is 1. The lowest BCUT2D eigenvalue weighted by molar-refractivity contribution is -0.144. The zero-order valence-electron chi connectivity index (χ0n) is 11.2. The fourth-order valence-electron chi connectivity index (χ4n) is 2.01. The predicted molar refractivity (Wildman–Crippen MR) is 73.6 cm³/mol. The molecule has 1 aromatic heterocycles. The van der Waals surface area contributed by atoms with Crippen LogP contribution in [0.2, 0.25) is 0 Å². The molecule has 112 valence electrons. The Kier molecular flexibility index (Phi) is 4.01. The van der Waals surface area contributed by atoms with Crippen LogP contribution in [0.5, 0.6) is 0 Å². The first kappa shape index (κ1) is 15.2. The molecule has 2 heterocycles. The van der Waals surface area contributed by atoms with Crippen molar-refractivity contribution in [2.45, 2.75) is 24.8 Å². The molecule has 2 rings (SSSR count). The molecule has 0 saturated carbocycles. The molecule has 1 saturated heterocycles. The van der Waals surface area contributed by atoms with Gasteiger partial charge in [0, 0.05) is 29.7 Å². The van der Waals surface area contributed by atoms with Gasteiger partial charge in [-0.15, -0.1) is 0 Å². The maximum atomic E-state index is 12.8. The molecular formula is C11H16F3N5S. The van der Waals surface area contributed by atoms with Crippen molar-refractivity contribution in [3.8, 4) is 0 Å². The minimum atomic E-state index is -4.60. The van der Waals surface area contributed by atoms with E-state index in [2.05, 4.69) is 29.2 Å². The van der Waals surface area contributed by atoms with Crippen molar-refractivity contribution in [3.63, 3.8) is 0 Å². The third-order valence-corrected chi connectivity index (χ3v) is 4.16. The quantitative estimate of drug-likeness (QED) is 0.644. The minimum absolute atomic E-state index is 0.0299. The smallest absolute Gasteiger partial charge is 0.354 e. The largest absolute Gasteiger partial charge is 0.451 e. The van der Waals surface area contributed by atoms with Crippen molar-refractivity contribution in [2.24, 2.45) is 5.84 Å². The van der Waals surface area contributed by atoms with Crippen LogP contribution >= 0.6 is 11.8 Å². The molecule has 3 N–H and O–H groups in total. The van der Waals surface area contributed by atoms with Gasteiger partial charge in [-0.05, 0) is 13.8 Å². The van der Waals surface area contributed by atoms with E-state index >= 15 is 0 Å². The Morgan fingerprint density at radius 2 is 2.10 bits per heavy atom. The van der Waals surface area contributed by atoms with Crippen molar-refractivity contribution < 1.29 is 13.2 Å². The van der Waals surface area contributed by atoms with Crippen molar-refractivity contribution in [1.29, 1.82) is 0 Å². The van der Waals surface area contributed by atoms with Gasteiger partial charge in [-0.3, -0.25) is 0 Å². The second kappa shape index (κ2) is 5.28. The molecule has 0 amide bonds. The van der Waals surface area contributed by atoms with Crippen LogP contribution in [0.3, 0.4) is 0 Å². The Morgan fingerprint density at radius 3 is 2.65 bits per heavy atom. The van der Waals surface area contributed by atoms with Crippen LogP contribution in [-0.2, 0) is 6.18 Å². The fourth-order valence-corrected chi connectivity index (χ4v) is 3.12. The molecule has 0 radical (unpaired) electrons. The first-order valence-electron chi connectivity index (χ1n) is 6.03. The molecule has 1 fully saturated rings. The summed E-state index contributed by atoms with van der Waals surface area (Å²) < 4.78 is 38.3. The number of nitrogens with zero attached hydrogens (tertiary/aromatic N) is 3. The summed E-state index contributed by atoms with van der Waals surface area (Å²) in [7, 11) is 0. The van der Waals surface area contributed by atoms with Gasteiger partial charge in [-0.1, -0.05) is 0 Å². The number of aromatic nitrogens is 2. The zero-order valence-corrected chi connectivity index (χ0v) is 12.0. The van der Waals surface area contributed by atoms with Crippen LogP contribution < -0.4 is 16.2 Å². The Labute approximate surface area is 119 Å². The van der Waals surface area contributed by atoms with Crippen LogP contribution in [-0.4, -0.2) is 33.6 Å². The van der Waals surface area contributed by atoms with Gasteiger partial charge >= 0.3 is 6.18 Å². The summed E-state index contributed by atoms with van der Waals surface area (Å²) in [4.78, 5) is 8.80. The summed E-state index contributed by atoms with van der Waals surface area (Å²) >= 11 is 1.79. The van der Waals surface area contributed by atoms with Gasteiger partial charge < -0.3 is 10.3 Å². The van der Waals surface area contributed by atoms with Gasteiger partial charge in [0.2, 0.25) is 5.82 Å². The second-order valence-electron chi connectivity index (χ2n) is 5.11. The molecule has 1 aliphatic heterocycles. The van der Waals surface area contributed by atoms with E-state index in [0.29, 0.717) is 13.1 Å². The molecule has 0 spiro atoms. The van der Waals surface area contributed by atoms with Gasteiger partial charge in [0.1, 0.15) is 11.6 Å². The van der Waals surface area contributed by atoms with Gasteiger partial charge in [-0.2, -0.15) is 24.9 Å². The summed E-state index contributed by atoms with van der Waals surface area (Å²) in [5.41, 5.74) is 2.16.